The third-order valence-corrected chi connectivity index (χ3v) is 3.99. The van der Waals surface area contributed by atoms with Gasteiger partial charge in [-0.1, -0.05) is 29.9 Å². The van der Waals surface area contributed by atoms with Crippen molar-refractivity contribution in [3.8, 4) is 5.75 Å². The number of nitrogens with zero attached hydrogens (tertiary/aromatic N) is 2. The summed E-state index contributed by atoms with van der Waals surface area (Å²) in [5.74, 6) is 6.53. The Kier molecular flexibility index (Phi) is 4.80. The normalized spacial score (nSPS) is 10.9. The van der Waals surface area contributed by atoms with Gasteiger partial charge in [0.1, 0.15) is 18.1 Å². The molecule has 2 rings (SSSR count). The number of hydrogen-bond donors (Lipinski definition) is 2. The monoisotopic (exact) mass is 312 g/mol. The van der Waals surface area contributed by atoms with Gasteiger partial charge in [0, 0.05) is 16.6 Å². The summed E-state index contributed by atoms with van der Waals surface area (Å²) < 4.78 is 9.66. The van der Waals surface area contributed by atoms with Crippen molar-refractivity contribution in [3.05, 3.63) is 34.0 Å². The lowest BCUT2D eigenvalue weighted by molar-refractivity contribution is 0.299. The molecule has 0 aliphatic heterocycles. The molecule has 0 saturated heterocycles. The van der Waals surface area contributed by atoms with Gasteiger partial charge in [-0.3, -0.25) is 0 Å². The molecule has 0 spiro atoms. The maximum Gasteiger partial charge on any atom is 0.150 e. The first-order valence-electron chi connectivity index (χ1n) is 6.23. The van der Waals surface area contributed by atoms with Crippen molar-refractivity contribution >= 4 is 28.1 Å². The molecular formula is C13H17ClN4OS. The highest BCUT2D eigenvalue weighted by atomic mass is 35.5. The number of hydrazine groups is 1. The number of nitrogen functional groups attached to an aromatic ring is 1. The summed E-state index contributed by atoms with van der Waals surface area (Å²) in [6.07, 6.45) is 0. The smallest absolute Gasteiger partial charge is 0.150 e. The zero-order valence-corrected chi connectivity index (χ0v) is 13.2. The standard InChI is InChI=1S/C13H17ClN4OS/c1-7(2)9-5-12(8(3)4-10(9)14)19-6-11-13(16-15)20-18-17-11/h4-5,7,16H,6,15H2,1-3H3. The average molecular weight is 313 g/mol. The van der Waals surface area contributed by atoms with E-state index < -0.39 is 0 Å². The molecule has 2 aromatic rings. The lowest BCUT2D eigenvalue weighted by atomic mass is 10.0. The molecule has 0 radical (unpaired) electrons. The number of aryl methyl sites for hydroxylation is 1. The molecule has 0 amide bonds. The van der Waals surface area contributed by atoms with Crippen molar-refractivity contribution in [2.45, 2.75) is 33.3 Å². The molecule has 3 N–H and O–H groups in total. The molecule has 7 heteroatoms. The molecule has 108 valence electrons. The second kappa shape index (κ2) is 6.39. The van der Waals surface area contributed by atoms with Crippen molar-refractivity contribution in [1.82, 2.24) is 9.59 Å². The first-order valence-corrected chi connectivity index (χ1v) is 7.38. The molecule has 0 bridgehead atoms. The Balaban J connectivity index is 2.19. The van der Waals surface area contributed by atoms with E-state index in [-0.39, 0.29) is 0 Å². The lowest BCUT2D eigenvalue weighted by Crippen LogP contribution is -2.09. The van der Waals surface area contributed by atoms with Crippen LogP contribution >= 0.6 is 23.1 Å². The van der Waals surface area contributed by atoms with E-state index in [4.69, 9.17) is 22.2 Å². The predicted octanol–water partition coefficient (Wildman–Crippen LogP) is 3.49. The van der Waals surface area contributed by atoms with Crippen LogP contribution in [0, 0.1) is 6.92 Å². The predicted molar refractivity (Wildman–Crippen MR) is 82.3 cm³/mol. The third-order valence-electron chi connectivity index (χ3n) is 2.97. The van der Waals surface area contributed by atoms with E-state index in [1.807, 2.05) is 19.1 Å². The summed E-state index contributed by atoms with van der Waals surface area (Å²) in [6.45, 7) is 6.48. The maximum atomic E-state index is 6.24. The largest absolute Gasteiger partial charge is 0.487 e. The fourth-order valence-corrected chi connectivity index (χ4v) is 2.74. The average Bonchev–Trinajstić information content (AvgIpc) is 2.84. The summed E-state index contributed by atoms with van der Waals surface area (Å²) in [6, 6.07) is 3.91. The molecule has 1 aromatic carbocycles. The van der Waals surface area contributed by atoms with E-state index in [9.17, 15) is 0 Å². The second-order valence-corrected chi connectivity index (χ2v) is 5.94. The van der Waals surface area contributed by atoms with Crippen molar-refractivity contribution in [1.29, 1.82) is 0 Å². The zero-order chi connectivity index (χ0) is 14.7. The molecule has 0 aliphatic rings. The number of nitrogens with two attached hydrogens (primary N) is 1. The Hall–Kier alpha value is -1.37. The Morgan fingerprint density at radius 3 is 2.85 bits per heavy atom. The topological polar surface area (TPSA) is 73.1 Å². The Labute approximate surface area is 127 Å². The van der Waals surface area contributed by atoms with Crippen LogP contribution in [0.1, 0.15) is 36.6 Å². The molecule has 0 atom stereocenters. The maximum absolute atomic E-state index is 6.24. The van der Waals surface area contributed by atoms with Crippen LogP contribution in [0.4, 0.5) is 5.00 Å². The minimum atomic E-state index is 0.316. The van der Waals surface area contributed by atoms with Crippen LogP contribution < -0.4 is 16.0 Å². The number of hydrogen-bond acceptors (Lipinski definition) is 6. The van der Waals surface area contributed by atoms with E-state index >= 15 is 0 Å². The zero-order valence-electron chi connectivity index (χ0n) is 11.6. The highest BCUT2D eigenvalue weighted by Gasteiger charge is 2.12. The second-order valence-electron chi connectivity index (χ2n) is 4.78. The van der Waals surface area contributed by atoms with Crippen molar-refractivity contribution < 1.29 is 4.74 Å². The molecule has 1 aromatic heterocycles. The fourth-order valence-electron chi connectivity index (χ4n) is 1.83. The summed E-state index contributed by atoms with van der Waals surface area (Å²) in [5.41, 5.74) is 5.31. The quantitative estimate of drug-likeness (QED) is 0.653. The van der Waals surface area contributed by atoms with Crippen molar-refractivity contribution in [2.75, 3.05) is 5.43 Å². The SMILES string of the molecule is Cc1cc(Cl)c(C(C)C)cc1OCc1nnsc1NN. The van der Waals surface area contributed by atoms with Gasteiger partial charge in [-0.25, -0.2) is 5.84 Å². The summed E-state index contributed by atoms with van der Waals surface area (Å²) in [5, 5.41) is 5.46. The van der Waals surface area contributed by atoms with E-state index in [1.54, 1.807) is 0 Å². The molecular weight excluding hydrogens is 296 g/mol. The van der Waals surface area contributed by atoms with Crippen LogP contribution in [-0.2, 0) is 6.61 Å². The van der Waals surface area contributed by atoms with Crippen molar-refractivity contribution in [3.63, 3.8) is 0 Å². The van der Waals surface area contributed by atoms with Crippen molar-refractivity contribution in [2.24, 2.45) is 5.84 Å². The summed E-state index contributed by atoms with van der Waals surface area (Å²) >= 11 is 7.44. The van der Waals surface area contributed by atoms with Crippen LogP contribution in [-0.4, -0.2) is 9.59 Å². The minimum Gasteiger partial charge on any atom is -0.487 e. The van der Waals surface area contributed by atoms with E-state index in [1.165, 1.54) is 11.5 Å². The Morgan fingerprint density at radius 2 is 2.20 bits per heavy atom. The van der Waals surface area contributed by atoms with E-state index in [2.05, 4.69) is 28.9 Å². The van der Waals surface area contributed by atoms with Gasteiger partial charge in [0.2, 0.25) is 0 Å². The number of nitrogens with one attached hydrogen (secondary N) is 1. The van der Waals surface area contributed by atoms with Crippen LogP contribution in [0.2, 0.25) is 5.02 Å². The first kappa shape index (κ1) is 15.0. The Morgan fingerprint density at radius 1 is 1.45 bits per heavy atom. The van der Waals surface area contributed by atoms with Gasteiger partial charge < -0.3 is 10.2 Å². The van der Waals surface area contributed by atoms with Crippen LogP contribution in [0.3, 0.4) is 0 Å². The summed E-state index contributed by atoms with van der Waals surface area (Å²) in [4.78, 5) is 0. The van der Waals surface area contributed by atoms with E-state index in [0.717, 1.165) is 21.9 Å². The number of rotatable bonds is 5. The van der Waals surface area contributed by atoms with E-state index in [0.29, 0.717) is 23.2 Å². The molecule has 0 saturated carbocycles. The highest BCUT2D eigenvalue weighted by Crippen LogP contribution is 2.32. The number of halogens is 1. The van der Waals surface area contributed by atoms with Gasteiger partial charge in [-0.05, 0) is 36.1 Å². The fraction of sp³-hybridized carbons (Fsp3) is 0.385. The molecule has 20 heavy (non-hydrogen) atoms. The Bertz CT molecular complexity index is 600. The molecule has 0 aliphatic carbocycles. The minimum absolute atomic E-state index is 0.316. The first-order chi connectivity index (χ1) is 9.52. The molecule has 0 fully saturated rings. The van der Waals surface area contributed by atoms with Crippen LogP contribution in [0.25, 0.3) is 0 Å². The summed E-state index contributed by atoms with van der Waals surface area (Å²) in [7, 11) is 0. The lowest BCUT2D eigenvalue weighted by Gasteiger charge is -2.14. The van der Waals surface area contributed by atoms with Gasteiger partial charge >= 0.3 is 0 Å². The number of ether oxygens (including phenoxy) is 1. The van der Waals surface area contributed by atoms with Gasteiger partial charge in [0.15, 0.2) is 5.00 Å². The van der Waals surface area contributed by atoms with Gasteiger partial charge in [-0.2, -0.15) is 0 Å². The third kappa shape index (κ3) is 3.20. The van der Waals surface area contributed by atoms with Gasteiger partial charge in [0.05, 0.1) is 0 Å². The molecule has 5 nitrogen and oxygen atoms in total. The number of anilines is 1. The van der Waals surface area contributed by atoms with Crippen LogP contribution in [0.15, 0.2) is 12.1 Å². The van der Waals surface area contributed by atoms with Crippen LogP contribution in [0.5, 0.6) is 5.75 Å². The van der Waals surface area contributed by atoms with Gasteiger partial charge in [-0.15, -0.1) is 5.10 Å². The van der Waals surface area contributed by atoms with Gasteiger partial charge in [0.25, 0.3) is 0 Å². The molecule has 0 unspecified atom stereocenters. The highest BCUT2D eigenvalue weighted by molar-refractivity contribution is 7.10. The molecule has 1 heterocycles. The number of aromatic nitrogens is 2. The number of benzene rings is 1.